The maximum Gasteiger partial charge on any atom is 0.342 e. The van der Waals surface area contributed by atoms with Gasteiger partial charge in [-0.3, -0.25) is 9.67 Å². The van der Waals surface area contributed by atoms with Gasteiger partial charge < -0.3 is 4.74 Å². The van der Waals surface area contributed by atoms with Crippen LogP contribution in [0.15, 0.2) is 4.79 Å². The van der Waals surface area contributed by atoms with E-state index >= 15 is 0 Å². The van der Waals surface area contributed by atoms with Crippen LogP contribution >= 0.6 is 12.2 Å². The van der Waals surface area contributed by atoms with Gasteiger partial charge in [0.2, 0.25) is 0 Å². The van der Waals surface area contributed by atoms with Gasteiger partial charge in [-0.1, -0.05) is 0 Å². The van der Waals surface area contributed by atoms with Crippen molar-refractivity contribution in [1.29, 1.82) is 0 Å². The number of hydrogen-bond donors (Lipinski definition) is 2. The van der Waals surface area contributed by atoms with Gasteiger partial charge in [0.05, 0.1) is 18.2 Å². The number of nitrogens with zero attached hydrogens (tertiary/aromatic N) is 1. The predicted molar refractivity (Wildman–Crippen MR) is 51.8 cm³/mol. The molecule has 0 amide bonds. The smallest absolute Gasteiger partial charge is 0.342 e. The second-order valence-corrected chi connectivity index (χ2v) is 4.29. The summed E-state index contributed by atoms with van der Waals surface area (Å²) >= 11 is 5.05. The van der Waals surface area contributed by atoms with Gasteiger partial charge >= 0.3 is 5.69 Å². The van der Waals surface area contributed by atoms with Gasteiger partial charge in [0.25, 0.3) is 0 Å². The minimum absolute atomic E-state index is 0.135. The summed E-state index contributed by atoms with van der Waals surface area (Å²) in [7, 11) is 0. The summed E-state index contributed by atoms with van der Waals surface area (Å²) in [6, 6.07) is 0.135. The molecule has 2 bridgehead atoms. The summed E-state index contributed by atoms with van der Waals surface area (Å²) in [6.45, 7) is 0. The Kier molecular flexibility index (Phi) is 1.69. The average molecular weight is 213 g/mol. The fraction of sp³-hybridized carbons (Fsp3) is 0.750. The third-order valence-electron chi connectivity index (χ3n) is 3.12. The maximum atomic E-state index is 11.5. The largest absolute Gasteiger partial charge is 0.373 e. The predicted octanol–water partition coefficient (Wildman–Crippen LogP) is 0.726. The number of aromatic nitrogens is 3. The number of fused-ring (bicyclic) bond motifs is 2. The lowest BCUT2D eigenvalue weighted by Gasteiger charge is -2.18. The number of aromatic amines is 2. The summed E-state index contributed by atoms with van der Waals surface area (Å²) in [5, 5.41) is 5.15. The number of ether oxygens (including phenoxy) is 1. The molecule has 0 radical (unpaired) electrons. The Morgan fingerprint density at radius 2 is 2.29 bits per heavy atom. The van der Waals surface area contributed by atoms with Crippen molar-refractivity contribution in [3.63, 3.8) is 0 Å². The molecule has 0 aliphatic carbocycles. The highest BCUT2D eigenvalue weighted by molar-refractivity contribution is 7.71. The monoisotopic (exact) mass is 213 g/mol. The van der Waals surface area contributed by atoms with Crippen molar-refractivity contribution in [1.82, 2.24) is 14.8 Å². The van der Waals surface area contributed by atoms with Crippen LogP contribution in [0.25, 0.3) is 0 Å². The van der Waals surface area contributed by atoms with Gasteiger partial charge in [-0.2, -0.15) is 0 Å². The van der Waals surface area contributed by atoms with E-state index < -0.39 is 0 Å². The third kappa shape index (κ3) is 1.04. The highest BCUT2D eigenvalue weighted by atomic mass is 32.1. The van der Waals surface area contributed by atoms with E-state index in [2.05, 4.69) is 10.2 Å². The molecule has 0 saturated carbocycles. The van der Waals surface area contributed by atoms with Crippen molar-refractivity contribution < 1.29 is 4.74 Å². The Balaban J connectivity index is 2.04. The number of nitrogens with one attached hydrogen (secondary N) is 2. The van der Waals surface area contributed by atoms with E-state index in [4.69, 9.17) is 17.0 Å². The van der Waals surface area contributed by atoms with E-state index in [0.29, 0.717) is 10.9 Å². The topological polar surface area (TPSA) is 62.8 Å². The zero-order chi connectivity index (χ0) is 9.71. The lowest BCUT2D eigenvalue weighted by Crippen LogP contribution is -2.29. The van der Waals surface area contributed by atoms with Crippen LogP contribution in [-0.4, -0.2) is 27.0 Å². The summed E-state index contributed by atoms with van der Waals surface area (Å²) < 4.78 is 7.76. The van der Waals surface area contributed by atoms with Gasteiger partial charge in [0.15, 0.2) is 4.77 Å². The molecule has 2 fully saturated rings. The molecule has 3 unspecified atom stereocenters. The molecule has 2 saturated heterocycles. The van der Waals surface area contributed by atoms with Gasteiger partial charge in [0, 0.05) is 0 Å². The van der Waals surface area contributed by atoms with E-state index in [9.17, 15) is 4.79 Å². The molecular formula is C8H11N3O2S. The summed E-state index contributed by atoms with van der Waals surface area (Å²) in [6.07, 6.45) is 3.60. The minimum Gasteiger partial charge on any atom is -0.373 e. The average Bonchev–Trinajstić information content (AvgIpc) is 2.81. The molecule has 2 N–H and O–H groups in total. The van der Waals surface area contributed by atoms with E-state index in [1.807, 2.05) is 0 Å². The van der Waals surface area contributed by atoms with Gasteiger partial charge in [-0.15, -0.1) is 0 Å². The molecule has 2 aliphatic rings. The van der Waals surface area contributed by atoms with Crippen molar-refractivity contribution in [3.05, 3.63) is 15.3 Å². The Labute approximate surface area is 85.1 Å². The third-order valence-corrected chi connectivity index (χ3v) is 3.42. The van der Waals surface area contributed by atoms with E-state index in [0.717, 1.165) is 19.3 Å². The van der Waals surface area contributed by atoms with Crippen LogP contribution in [0.1, 0.15) is 25.3 Å². The van der Waals surface area contributed by atoms with Crippen molar-refractivity contribution in [2.24, 2.45) is 0 Å². The molecule has 3 heterocycles. The Hall–Kier alpha value is -0.880. The maximum absolute atomic E-state index is 11.5. The van der Waals surface area contributed by atoms with Crippen LogP contribution in [0.4, 0.5) is 0 Å². The molecule has 3 rings (SSSR count). The minimum atomic E-state index is -0.156. The molecule has 2 aliphatic heterocycles. The van der Waals surface area contributed by atoms with Crippen LogP contribution in [0.5, 0.6) is 0 Å². The lowest BCUT2D eigenvalue weighted by molar-refractivity contribution is 0.0932. The van der Waals surface area contributed by atoms with Crippen LogP contribution in [0.3, 0.4) is 0 Å². The highest BCUT2D eigenvalue weighted by Gasteiger charge is 2.42. The normalized spacial score (nSPS) is 35.3. The zero-order valence-electron chi connectivity index (χ0n) is 7.53. The van der Waals surface area contributed by atoms with Crippen molar-refractivity contribution in [2.45, 2.75) is 37.5 Å². The first-order chi connectivity index (χ1) is 6.75. The molecule has 76 valence electrons. The van der Waals surface area contributed by atoms with Gasteiger partial charge in [-0.25, -0.2) is 9.89 Å². The van der Waals surface area contributed by atoms with Crippen LogP contribution in [0.2, 0.25) is 0 Å². The Morgan fingerprint density at radius 3 is 2.79 bits per heavy atom. The second kappa shape index (κ2) is 2.80. The van der Waals surface area contributed by atoms with Crippen molar-refractivity contribution in [2.75, 3.05) is 0 Å². The Morgan fingerprint density at radius 1 is 1.43 bits per heavy atom. The number of rotatable bonds is 1. The zero-order valence-corrected chi connectivity index (χ0v) is 8.34. The SMILES string of the molecule is O=c1[nH][nH]c(=S)n1C1CC2CCC1O2. The first kappa shape index (κ1) is 8.43. The second-order valence-electron chi connectivity index (χ2n) is 3.91. The summed E-state index contributed by atoms with van der Waals surface area (Å²) in [5.41, 5.74) is -0.156. The van der Waals surface area contributed by atoms with Gasteiger partial charge in [0.1, 0.15) is 0 Å². The molecule has 1 aromatic rings. The number of H-pyrrole nitrogens is 2. The first-order valence-corrected chi connectivity index (χ1v) is 5.21. The molecule has 0 spiro atoms. The van der Waals surface area contributed by atoms with Crippen LogP contribution < -0.4 is 5.69 Å². The highest BCUT2D eigenvalue weighted by Crippen LogP contribution is 2.40. The quantitative estimate of drug-likeness (QED) is 0.676. The summed E-state index contributed by atoms with van der Waals surface area (Å²) in [4.78, 5) is 11.5. The van der Waals surface area contributed by atoms with E-state index in [1.54, 1.807) is 4.57 Å². The summed E-state index contributed by atoms with van der Waals surface area (Å²) in [5.74, 6) is 0. The van der Waals surface area contributed by atoms with Crippen LogP contribution in [-0.2, 0) is 4.74 Å². The fourth-order valence-electron chi connectivity index (χ4n) is 2.50. The fourth-order valence-corrected chi connectivity index (χ4v) is 2.77. The van der Waals surface area contributed by atoms with Gasteiger partial charge in [-0.05, 0) is 31.5 Å². The molecule has 5 nitrogen and oxygen atoms in total. The first-order valence-electron chi connectivity index (χ1n) is 4.80. The molecule has 1 aromatic heterocycles. The Bertz CT molecular complexity index is 432. The lowest BCUT2D eigenvalue weighted by atomic mass is 9.95. The number of hydrogen-bond acceptors (Lipinski definition) is 3. The molecular weight excluding hydrogens is 202 g/mol. The van der Waals surface area contributed by atoms with Crippen molar-refractivity contribution in [3.8, 4) is 0 Å². The standard InChI is InChI=1S/C8H11N3O2S/c12-7-9-10-8(14)11(7)5-3-4-1-2-6(5)13-4/h4-6H,1-3H2,(H,9,12)(H,10,14). The van der Waals surface area contributed by atoms with E-state index in [-0.39, 0.29) is 17.8 Å². The van der Waals surface area contributed by atoms with Crippen LogP contribution in [0, 0.1) is 4.77 Å². The van der Waals surface area contributed by atoms with E-state index in [1.165, 1.54) is 0 Å². The molecule has 3 atom stereocenters. The molecule has 6 heteroatoms. The van der Waals surface area contributed by atoms with Crippen molar-refractivity contribution >= 4 is 12.2 Å². The molecule has 0 aromatic carbocycles. The molecule has 14 heavy (non-hydrogen) atoms.